The molecule has 1 atom stereocenters. The predicted octanol–water partition coefficient (Wildman–Crippen LogP) is 2.82. The van der Waals surface area contributed by atoms with Gasteiger partial charge in [0.1, 0.15) is 4.83 Å². The standard InChI is InChI=1S/C17H21N3O2S2/c1-10-4-3-7-20(8-10)13(21)9-23-17-18-15(22)14-11-5-2-6-12(11)24-16(14)19-17/h10H,2-9H2,1H3,(H,18,19,22). The summed E-state index contributed by atoms with van der Waals surface area (Å²) < 4.78 is 0. The van der Waals surface area contributed by atoms with Crippen molar-refractivity contribution in [2.75, 3.05) is 18.8 Å². The van der Waals surface area contributed by atoms with Crippen LogP contribution in [0.25, 0.3) is 10.2 Å². The molecule has 1 aliphatic carbocycles. The van der Waals surface area contributed by atoms with E-state index in [0.29, 0.717) is 16.8 Å². The fraction of sp³-hybridized carbons (Fsp3) is 0.588. The number of aromatic nitrogens is 2. The van der Waals surface area contributed by atoms with Crippen LogP contribution in [0.5, 0.6) is 0 Å². The Kier molecular flexibility index (Phi) is 4.39. The zero-order chi connectivity index (χ0) is 16.7. The van der Waals surface area contributed by atoms with Gasteiger partial charge in [-0.15, -0.1) is 11.3 Å². The van der Waals surface area contributed by atoms with E-state index in [4.69, 9.17) is 0 Å². The Morgan fingerprint density at radius 1 is 1.42 bits per heavy atom. The van der Waals surface area contributed by atoms with E-state index in [2.05, 4.69) is 16.9 Å². The molecule has 3 heterocycles. The van der Waals surface area contributed by atoms with Crippen molar-refractivity contribution in [3.63, 3.8) is 0 Å². The van der Waals surface area contributed by atoms with Crippen LogP contribution >= 0.6 is 23.1 Å². The molecule has 1 unspecified atom stereocenters. The van der Waals surface area contributed by atoms with Gasteiger partial charge in [-0.05, 0) is 43.6 Å². The molecule has 24 heavy (non-hydrogen) atoms. The van der Waals surface area contributed by atoms with E-state index in [1.165, 1.54) is 28.6 Å². The fourth-order valence-electron chi connectivity index (χ4n) is 3.69. The number of nitrogens with one attached hydrogen (secondary N) is 1. The van der Waals surface area contributed by atoms with Gasteiger partial charge in [-0.2, -0.15) is 0 Å². The number of aryl methyl sites for hydroxylation is 2. The van der Waals surface area contributed by atoms with Crippen molar-refractivity contribution in [1.82, 2.24) is 14.9 Å². The molecule has 2 aliphatic rings. The molecule has 2 aromatic rings. The van der Waals surface area contributed by atoms with Crippen LogP contribution in [-0.4, -0.2) is 39.6 Å². The quantitative estimate of drug-likeness (QED) is 0.673. The van der Waals surface area contributed by atoms with Crippen LogP contribution in [0.4, 0.5) is 0 Å². The number of thioether (sulfide) groups is 1. The van der Waals surface area contributed by atoms with Crippen LogP contribution in [0.15, 0.2) is 9.95 Å². The third-order valence-corrected chi connectivity index (χ3v) is 6.94. The van der Waals surface area contributed by atoms with Crippen molar-refractivity contribution in [2.45, 2.75) is 44.2 Å². The Hall–Kier alpha value is -1.34. The van der Waals surface area contributed by atoms with Gasteiger partial charge in [-0.25, -0.2) is 4.98 Å². The lowest BCUT2D eigenvalue weighted by molar-refractivity contribution is -0.130. The summed E-state index contributed by atoms with van der Waals surface area (Å²) >= 11 is 2.98. The second-order valence-electron chi connectivity index (χ2n) is 6.78. The van der Waals surface area contributed by atoms with E-state index in [1.54, 1.807) is 11.3 Å². The molecule has 128 valence electrons. The molecule has 1 N–H and O–H groups in total. The summed E-state index contributed by atoms with van der Waals surface area (Å²) in [5.74, 6) is 1.06. The number of nitrogens with zero attached hydrogens (tertiary/aromatic N) is 2. The average Bonchev–Trinajstić information content (AvgIpc) is 3.13. The van der Waals surface area contributed by atoms with E-state index < -0.39 is 0 Å². The molecular weight excluding hydrogens is 342 g/mol. The first-order valence-electron chi connectivity index (χ1n) is 8.57. The maximum Gasteiger partial charge on any atom is 0.260 e. The molecule has 4 rings (SSSR count). The number of rotatable bonds is 3. The Labute approximate surface area is 148 Å². The normalized spacial score (nSPS) is 20.5. The van der Waals surface area contributed by atoms with Gasteiger partial charge in [-0.1, -0.05) is 18.7 Å². The summed E-state index contributed by atoms with van der Waals surface area (Å²) in [5.41, 5.74) is 1.14. The number of carbonyl (C=O) groups excluding carboxylic acids is 1. The van der Waals surface area contributed by atoms with Crippen LogP contribution in [0.1, 0.15) is 36.6 Å². The lowest BCUT2D eigenvalue weighted by atomic mass is 10.0. The zero-order valence-corrected chi connectivity index (χ0v) is 15.4. The molecule has 1 amide bonds. The zero-order valence-electron chi connectivity index (χ0n) is 13.8. The maximum atomic E-state index is 12.4. The fourth-order valence-corrected chi connectivity index (χ4v) is 5.77. The maximum absolute atomic E-state index is 12.4. The van der Waals surface area contributed by atoms with Gasteiger partial charge in [0.2, 0.25) is 5.91 Å². The molecule has 0 saturated carbocycles. The van der Waals surface area contributed by atoms with Gasteiger partial charge in [0, 0.05) is 18.0 Å². The number of aromatic amines is 1. The number of likely N-dealkylation sites (tertiary alicyclic amines) is 1. The predicted molar refractivity (Wildman–Crippen MR) is 98.0 cm³/mol. The van der Waals surface area contributed by atoms with E-state index in [9.17, 15) is 9.59 Å². The SMILES string of the molecule is CC1CCCN(C(=O)CSc2nc3sc4c(c3c(=O)[nH]2)CCC4)C1. The minimum atomic E-state index is -0.0547. The lowest BCUT2D eigenvalue weighted by Crippen LogP contribution is -2.40. The first-order valence-corrected chi connectivity index (χ1v) is 10.4. The van der Waals surface area contributed by atoms with Crippen LogP contribution in [-0.2, 0) is 17.6 Å². The smallest absolute Gasteiger partial charge is 0.260 e. The topological polar surface area (TPSA) is 66.1 Å². The molecule has 1 fully saturated rings. The van der Waals surface area contributed by atoms with Crippen LogP contribution in [0.2, 0.25) is 0 Å². The highest BCUT2D eigenvalue weighted by Crippen LogP contribution is 2.35. The Morgan fingerprint density at radius 2 is 2.29 bits per heavy atom. The molecule has 1 saturated heterocycles. The Balaban J connectivity index is 1.49. The number of carbonyl (C=O) groups is 1. The molecule has 0 aromatic carbocycles. The highest BCUT2D eigenvalue weighted by Gasteiger charge is 2.23. The minimum Gasteiger partial charge on any atom is -0.342 e. The number of piperidine rings is 1. The Bertz CT molecular complexity index is 842. The number of thiophene rings is 1. The second kappa shape index (κ2) is 6.52. The number of hydrogen-bond acceptors (Lipinski definition) is 5. The third-order valence-electron chi connectivity index (χ3n) is 4.90. The molecule has 7 heteroatoms. The van der Waals surface area contributed by atoms with Crippen molar-refractivity contribution in [1.29, 1.82) is 0 Å². The van der Waals surface area contributed by atoms with Gasteiger partial charge in [-0.3, -0.25) is 9.59 Å². The first kappa shape index (κ1) is 16.1. The lowest BCUT2D eigenvalue weighted by Gasteiger charge is -2.30. The highest BCUT2D eigenvalue weighted by molar-refractivity contribution is 7.99. The third kappa shape index (κ3) is 2.99. The molecule has 1 aliphatic heterocycles. The Morgan fingerprint density at radius 3 is 3.12 bits per heavy atom. The number of fused-ring (bicyclic) bond motifs is 3. The first-order chi connectivity index (χ1) is 11.6. The summed E-state index contributed by atoms with van der Waals surface area (Å²) in [5, 5.41) is 1.33. The van der Waals surface area contributed by atoms with Crippen LogP contribution in [0.3, 0.4) is 0 Å². The molecule has 0 spiro atoms. The van der Waals surface area contributed by atoms with Crippen molar-refractivity contribution in [3.8, 4) is 0 Å². The van der Waals surface area contributed by atoms with Crippen LogP contribution < -0.4 is 5.56 Å². The average molecular weight is 364 g/mol. The van der Waals surface area contributed by atoms with Crippen molar-refractivity contribution in [2.24, 2.45) is 5.92 Å². The van der Waals surface area contributed by atoms with Gasteiger partial charge in [0.05, 0.1) is 11.1 Å². The summed E-state index contributed by atoms with van der Waals surface area (Å²) in [6.45, 7) is 3.89. The minimum absolute atomic E-state index is 0.0547. The van der Waals surface area contributed by atoms with Crippen LogP contribution in [0, 0.1) is 5.92 Å². The summed E-state index contributed by atoms with van der Waals surface area (Å²) in [6.07, 6.45) is 5.46. The van der Waals surface area contributed by atoms with Gasteiger partial charge >= 0.3 is 0 Å². The van der Waals surface area contributed by atoms with E-state index in [-0.39, 0.29) is 11.5 Å². The van der Waals surface area contributed by atoms with Crippen molar-refractivity contribution in [3.05, 3.63) is 20.8 Å². The molecule has 0 radical (unpaired) electrons. The van der Waals surface area contributed by atoms with E-state index >= 15 is 0 Å². The van der Waals surface area contributed by atoms with Gasteiger partial charge in [0.15, 0.2) is 5.16 Å². The number of hydrogen-bond donors (Lipinski definition) is 1. The highest BCUT2D eigenvalue weighted by atomic mass is 32.2. The molecule has 0 bridgehead atoms. The summed E-state index contributed by atoms with van der Waals surface area (Å²) in [4.78, 5) is 36.3. The van der Waals surface area contributed by atoms with E-state index in [0.717, 1.165) is 49.0 Å². The molecule has 5 nitrogen and oxygen atoms in total. The monoisotopic (exact) mass is 363 g/mol. The second-order valence-corrected chi connectivity index (χ2v) is 8.83. The largest absolute Gasteiger partial charge is 0.342 e. The molecule has 2 aromatic heterocycles. The van der Waals surface area contributed by atoms with Gasteiger partial charge < -0.3 is 9.88 Å². The van der Waals surface area contributed by atoms with Gasteiger partial charge in [0.25, 0.3) is 5.56 Å². The summed E-state index contributed by atoms with van der Waals surface area (Å²) in [7, 11) is 0. The number of amides is 1. The molecular formula is C17H21N3O2S2. The number of H-pyrrole nitrogens is 1. The van der Waals surface area contributed by atoms with E-state index in [1.807, 2.05) is 4.90 Å². The van der Waals surface area contributed by atoms with Crippen molar-refractivity contribution < 1.29 is 4.79 Å². The van der Waals surface area contributed by atoms with Crippen molar-refractivity contribution >= 4 is 39.2 Å². The summed E-state index contributed by atoms with van der Waals surface area (Å²) in [6, 6.07) is 0.